The Morgan fingerprint density at radius 1 is 1.54 bits per heavy atom. The number of ether oxygens (including phenoxy) is 2. The maximum Gasteiger partial charge on any atom is 0.250 e. The molecule has 0 saturated carbocycles. The van der Waals surface area contributed by atoms with Crippen molar-refractivity contribution in [3.05, 3.63) is 23.9 Å². The van der Waals surface area contributed by atoms with Crippen LogP contribution in [0, 0.1) is 0 Å². The van der Waals surface area contributed by atoms with Crippen LogP contribution in [0.5, 0.6) is 5.88 Å². The van der Waals surface area contributed by atoms with Crippen molar-refractivity contribution in [2.75, 3.05) is 26.3 Å². The minimum absolute atomic E-state index is 0.0521. The number of carbonyl (C=O) groups is 1. The predicted molar refractivity (Wildman–Crippen MR) is 90.8 cm³/mol. The summed E-state index contributed by atoms with van der Waals surface area (Å²) < 4.78 is 11.5. The average Bonchev–Trinajstić information content (AvgIpc) is 3.08. The number of morpholine rings is 1. The lowest BCUT2D eigenvalue weighted by atomic mass is 10.2. The topological polar surface area (TPSA) is 63.7 Å². The molecule has 2 atom stereocenters. The Morgan fingerprint density at radius 2 is 2.46 bits per heavy atom. The Hall–Kier alpha value is -1.66. The fourth-order valence-corrected chi connectivity index (χ4v) is 3.27. The van der Waals surface area contributed by atoms with Crippen LogP contribution in [0.1, 0.15) is 38.2 Å². The smallest absolute Gasteiger partial charge is 0.250 e. The van der Waals surface area contributed by atoms with E-state index in [-0.39, 0.29) is 12.0 Å². The Morgan fingerprint density at radius 3 is 3.33 bits per heavy atom. The van der Waals surface area contributed by atoms with Gasteiger partial charge in [-0.15, -0.1) is 0 Å². The van der Waals surface area contributed by atoms with E-state index in [2.05, 4.69) is 22.1 Å². The number of hydrogen-bond donors (Lipinski definition) is 1. The van der Waals surface area contributed by atoms with E-state index < -0.39 is 0 Å². The second-order valence-corrected chi connectivity index (χ2v) is 6.50. The van der Waals surface area contributed by atoms with Crippen molar-refractivity contribution in [2.24, 2.45) is 0 Å². The molecule has 24 heavy (non-hydrogen) atoms. The maximum atomic E-state index is 12.4. The first-order valence-electron chi connectivity index (χ1n) is 8.98. The molecule has 6 nitrogen and oxygen atoms in total. The molecule has 0 aliphatic carbocycles. The third kappa shape index (κ3) is 4.24. The number of pyridine rings is 1. The van der Waals surface area contributed by atoms with Crippen LogP contribution in [0.4, 0.5) is 0 Å². The van der Waals surface area contributed by atoms with Gasteiger partial charge < -0.3 is 14.8 Å². The van der Waals surface area contributed by atoms with Gasteiger partial charge in [-0.25, -0.2) is 4.98 Å². The summed E-state index contributed by atoms with van der Waals surface area (Å²) in [5.41, 5.74) is 0.900. The highest BCUT2D eigenvalue weighted by Gasteiger charge is 2.35. The number of fused-ring (bicyclic) bond motifs is 1. The number of carbonyl (C=O) groups excluding carboxylic acids is 1. The Labute approximate surface area is 143 Å². The highest BCUT2D eigenvalue weighted by Crippen LogP contribution is 2.22. The molecular weight excluding hydrogens is 306 g/mol. The van der Waals surface area contributed by atoms with Crippen LogP contribution >= 0.6 is 0 Å². The number of unbranched alkanes of at least 4 members (excludes halogenated alkanes) is 1. The minimum atomic E-state index is -0.375. The van der Waals surface area contributed by atoms with E-state index in [0.717, 1.165) is 24.9 Å². The number of amides is 1. The van der Waals surface area contributed by atoms with E-state index in [0.29, 0.717) is 38.2 Å². The van der Waals surface area contributed by atoms with Gasteiger partial charge in [0.25, 0.3) is 5.91 Å². The quantitative estimate of drug-likeness (QED) is 0.770. The number of aromatic nitrogens is 1. The Balaban J connectivity index is 1.51. The lowest BCUT2D eigenvalue weighted by Gasteiger charge is -2.34. The van der Waals surface area contributed by atoms with E-state index in [4.69, 9.17) is 9.47 Å². The monoisotopic (exact) mass is 333 g/mol. The molecule has 2 aliphatic rings. The van der Waals surface area contributed by atoms with Crippen LogP contribution in [-0.4, -0.2) is 54.2 Å². The molecule has 0 spiro atoms. The summed E-state index contributed by atoms with van der Waals surface area (Å²) in [5, 5.41) is 2.97. The number of rotatable bonds is 7. The second kappa shape index (κ2) is 8.44. The molecule has 132 valence electrons. The van der Waals surface area contributed by atoms with Gasteiger partial charge in [0.2, 0.25) is 5.88 Å². The van der Waals surface area contributed by atoms with E-state index in [9.17, 15) is 4.79 Å². The number of nitrogens with zero attached hydrogens (tertiary/aromatic N) is 2. The van der Waals surface area contributed by atoms with Crippen molar-refractivity contribution >= 4 is 5.91 Å². The fourth-order valence-electron chi connectivity index (χ4n) is 3.27. The molecule has 0 bridgehead atoms. The van der Waals surface area contributed by atoms with E-state index in [1.807, 2.05) is 12.1 Å². The van der Waals surface area contributed by atoms with Crippen LogP contribution in [0.2, 0.25) is 0 Å². The van der Waals surface area contributed by atoms with E-state index in [1.54, 1.807) is 6.20 Å². The second-order valence-electron chi connectivity index (χ2n) is 6.50. The van der Waals surface area contributed by atoms with Crippen molar-refractivity contribution in [1.82, 2.24) is 15.2 Å². The van der Waals surface area contributed by atoms with Crippen LogP contribution in [0.25, 0.3) is 0 Å². The first-order valence-corrected chi connectivity index (χ1v) is 8.98. The molecule has 0 aromatic carbocycles. The summed E-state index contributed by atoms with van der Waals surface area (Å²) >= 11 is 0. The average molecular weight is 333 g/mol. The van der Waals surface area contributed by atoms with Gasteiger partial charge in [0, 0.05) is 30.9 Å². The van der Waals surface area contributed by atoms with Crippen molar-refractivity contribution in [3.8, 4) is 5.88 Å². The Bertz CT molecular complexity index is 552. The van der Waals surface area contributed by atoms with E-state index >= 15 is 0 Å². The zero-order chi connectivity index (χ0) is 16.8. The van der Waals surface area contributed by atoms with Gasteiger partial charge >= 0.3 is 0 Å². The fraction of sp³-hybridized carbons (Fsp3) is 0.667. The molecule has 1 N–H and O–H groups in total. The van der Waals surface area contributed by atoms with Gasteiger partial charge in [-0.3, -0.25) is 9.69 Å². The van der Waals surface area contributed by atoms with Gasteiger partial charge in [0.15, 0.2) is 0 Å². The SMILES string of the molecule is CCCCOc1ncccc1CNC(=O)C1CN2CCCC2CO1. The molecule has 3 rings (SSSR count). The first-order chi connectivity index (χ1) is 11.8. The van der Waals surface area contributed by atoms with Gasteiger partial charge in [-0.1, -0.05) is 19.4 Å². The van der Waals surface area contributed by atoms with Crippen molar-refractivity contribution in [3.63, 3.8) is 0 Å². The minimum Gasteiger partial charge on any atom is -0.477 e. The first kappa shape index (κ1) is 17.2. The van der Waals surface area contributed by atoms with E-state index in [1.165, 1.54) is 12.8 Å². The van der Waals surface area contributed by atoms with Crippen LogP contribution in [-0.2, 0) is 16.1 Å². The van der Waals surface area contributed by atoms with Gasteiger partial charge in [0.05, 0.1) is 13.2 Å². The summed E-state index contributed by atoms with van der Waals surface area (Å²) in [7, 11) is 0. The zero-order valence-corrected chi connectivity index (χ0v) is 14.4. The zero-order valence-electron chi connectivity index (χ0n) is 14.4. The molecule has 0 radical (unpaired) electrons. The lowest BCUT2D eigenvalue weighted by molar-refractivity contribution is -0.140. The molecule has 2 fully saturated rings. The molecule has 2 aliphatic heterocycles. The summed E-state index contributed by atoms with van der Waals surface area (Å²) in [6, 6.07) is 4.30. The largest absolute Gasteiger partial charge is 0.477 e. The maximum absolute atomic E-state index is 12.4. The number of nitrogens with one attached hydrogen (secondary N) is 1. The summed E-state index contributed by atoms with van der Waals surface area (Å²) in [6.07, 6.45) is 5.80. The third-order valence-electron chi connectivity index (χ3n) is 4.72. The summed E-state index contributed by atoms with van der Waals surface area (Å²) in [6.45, 7) is 5.63. The summed E-state index contributed by atoms with van der Waals surface area (Å²) in [5.74, 6) is 0.555. The Kier molecular flexibility index (Phi) is 6.04. The van der Waals surface area contributed by atoms with Gasteiger partial charge in [-0.2, -0.15) is 0 Å². The molecule has 2 saturated heterocycles. The molecule has 3 heterocycles. The van der Waals surface area contributed by atoms with Crippen LogP contribution in [0.15, 0.2) is 18.3 Å². The normalized spacial score (nSPS) is 23.7. The van der Waals surface area contributed by atoms with Crippen molar-refractivity contribution < 1.29 is 14.3 Å². The molecule has 6 heteroatoms. The van der Waals surface area contributed by atoms with Crippen molar-refractivity contribution in [1.29, 1.82) is 0 Å². The van der Waals surface area contributed by atoms with Gasteiger partial charge in [-0.05, 0) is 31.9 Å². The highest BCUT2D eigenvalue weighted by molar-refractivity contribution is 5.81. The lowest BCUT2D eigenvalue weighted by Crippen LogP contribution is -2.51. The third-order valence-corrected chi connectivity index (χ3v) is 4.72. The molecule has 1 aromatic heterocycles. The standard InChI is InChI=1S/C18H27N3O3/c1-2-3-10-23-18-14(6-4-8-19-18)11-20-17(22)16-12-21-9-5-7-15(21)13-24-16/h4,6,8,15-16H,2-3,5,7,9-13H2,1H3,(H,20,22). The molecule has 1 amide bonds. The molecular formula is C18H27N3O3. The predicted octanol–water partition coefficient (Wildman–Crippen LogP) is 1.74. The van der Waals surface area contributed by atoms with Gasteiger partial charge in [0.1, 0.15) is 6.10 Å². The van der Waals surface area contributed by atoms with Crippen LogP contribution < -0.4 is 10.1 Å². The molecule has 2 unspecified atom stereocenters. The highest BCUT2D eigenvalue weighted by atomic mass is 16.5. The molecule has 1 aromatic rings. The number of hydrogen-bond acceptors (Lipinski definition) is 5. The summed E-state index contributed by atoms with van der Waals surface area (Å²) in [4.78, 5) is 19.1. The van der Waals surface area contributed by atoms with Crippen molar-refractivity contribution in [2.45, 2.75) is 51.3 Å². The van der Waals surface area contributed by atoms with Crippen LogP contribution in [0.3, 0.4) is 0 Å².